The molecular formula is Fe3O4. The molecule has 0 heterocycles. The summed E-state index contributed by atoms with van der Waals surface area (Å²) in [5.74, 6) is 0. The second-order valence-corrected chi connectivity index (χ2v) is 0.243. The van der Waals surface area contributed by atoms with E-state index in [1.807, 2.05) is 31.9 Å². The predicted molar refractivity (Wildman–Crippen MR) is 2.06 cm³/mol. The standard InChI is InChI=1S/3Fe.4O/q;;+1;;;;-1. The van der Waals surface area contributed by atoms with Gasteiger partial charge in [-0.2, -0.15) is 0 Å². The molecule has 0 unspecified atom stereocenters. The van der Waals surface area contributed by atoms with E-state index in [0.29, 0.717) is 0 Å². The van der Waals surface area contributed by atoms with Crippen molar-refractivity contribution < 1.29 is 62.8 Å². The van der Waals surface area contributed by atoms with Crippen molar-refractivity contribution in [3.8, 4) is 0 Å². The number of hydrogen-bond donors (Lipinski definition) is 0. The summed E-state index contributed by atoms with van der Waals surface area (Å²) in [6.07, 6.45) is 0. The van der Waals surface area contributed by atoms with Crippen LogP contribution in [0.1, 0.15) is 0 Å². The van der Waals surface area contributed by atoms with Crippen LogP contribution >= 0.6 is 0 Å². The van der Waals surface area contributed by atoms with Gasteiger partial charge in [0.05, 0.1) is 0 Å². The third-order valence-electron chi connectivity index (χ3n) is 0. The molecule has 0 aliphatic carbocycles. The van der Waals surface area contributed by atoms with E-state index in [0.717, 1.165) is 0 Å². The van der Waals surface area contributed by atoms with Crippen LogP contribution in [0.3, 0.4) is 0 Å². The maximum absolute atomic E-state index is 8.38. The molecule has 48 valence electrons. The topological polar surface area (TPSA) is 74.3 Å². The van der Waals surface area contributed by atoms with Gasteiger partial charge in [-0.1, -0.05) is 0 Å². The van der Waals surface area contributed by atoms with Crippen molar-refractivity contribution in [1.82, 2.24) is 0 Å². The summed E-state index contributed by atoms with van der Waals surface area (Å²) in [6.45, 7) is 0. The van der Waals surface area contributed by atoms with E-state index in [1.54, 1.807) is 0 Å². The quantitative estimate of drug-likeness (QED) is 0.473. The Labute approximate surface area is 62.8 Å². The molecule has 0 saturated carbocycles. The molecule has 7 heteroatoms. The third kappa shape index (κ3) is 198. The fourth-order valence-corrected chi connectivity index (χ4v) is 0. The zero-order valence-corrected chi connectivity index (χ0v) is 6.01. The molecule has 0 spiro atoms. The molecule has 0 amide bonds. The predicted octanol–water partition coefficient (Wildman–Crippen LogP) is -1.55. The second kappa shape index (κ2) is 65.8. The summed E-state index contributed by atoms with van der Waals surface area (Å²) in [4.78, 5) is 0. The van der Waals surface area contributed by atoms with Gasteiger partial charge < -0.3 is 0 Å². The van der Waals surface area contributed by atoms with Gasteiger partial charge in [-0.25, -0.2) is 0 Å². The fraction of sp³-hybridized carbons (Fsp3) is 0. The van der Waals surface area contributed by atoms with Crippen LogP contribution in [0.5, 0.6) is 0 Å². The van der Waals surface area contributed by atoms with Crippen LogP contribution in [-0.2, 0) is 58.6 Å². The molecule has 0 radical (unpaired) electrons. The molecule has 0 atom stereocenters. The van der Waals surface area contributed by atoms with Gasteiger partial charge >= 0.3 is 62.8 Å². The molecule has 0 aromatic rings. The summed E-state index contributed by atoms with van der Waals surface area (Å²) in [6, 6.07) is 0. The molecule has 0 aliphatic rings. The molecule has 4 nitrogen and oxygen atoms in total. The van der Waals surface area contributed by atoms with Crippen LogP contribution in [0.15, 0.2) is 0 Å². The van der Waals surface area contributed by atoms with Gasteiger partial charge in [-0.3, -0.25) is 0 Å². The third-order valence-corrected chi connectivity index (χ3v) is 0. The van der Waals surface area contributed by atoms with Gasteiger partial charge in [0.25, 0.3) is 0 Å². The molecule has 0 rings (SSSR count). The minimum atomic E-state index is -1.25. The Balaban J connectivity index is -0.0000000360. The van der Waals surface area contributed by atoms with Crippen LogP contribution in [0.2, 0.25) is 0 Å². The van der Waals surface area contributed by atoms with Crippen molar-refractivity contribution in [3.63, 3.8) is 0 Å². The first-order valence-electron chi connectivity index (χ1n) is 0.577. The SMILES string of the molecule is [O]=[Fe+].[O]=[Fe].[O]=[Fe][O-]. The average Bonchev–Trinajstić information content (AvgIpc) is 1.78. The zero-order chi connectivity index (χ0) is 6.71. The van der Waals surface area contributed by atoms with Crippen LogP contribution in [-0.4, -0.2) is 0 Å². The van der Waals surface area contributed by atoms with Crippen LogP contribution < -0.4 is 4.19 Å². The van der Waals surface area contributed by atoms with Crippen LogP contribution in [0, 0.1) is 0 Å². The first-order chi connectivity index (χ1) is 3.41. The second-order valence-electron chi connectivity index (χ2n) is 0.0589. The number of rotatable bonds is 0. The van der Waals surface area contributed by atoms with E-state index >= 15 is 0 Å². The van der Waals surface area contributed by atoms with Crippen molar-refractivity contribution in [2.45, 2.75) is 0 Å². The summed E-state index contributed by atoms with van der Waals surface area (Å²) in [7, 11) is 0. The molecule has 0 fully saturated rings. The molecule has 0 aromatic carbocycles. The first kappa shape index (κ1) is 15.7. The van der Waals surface area contributed by atoms with Gasteiger partial charge in [0.1, 0.15) is 0 Å². The van der Waals surface area contributed by atoms with E-state index in [1.165, 1.54) is 0 Å². The summed E-state index contributed by atoms with van der Waals surface area (Å²) in [5, 5.41) is 0. The van der Waals surface area contributed by atoms with Gasteiger partial charge in [-0.05, 0) is 0 Å². The molecule has 0 N–H and O–H groups in total. The zero-order valence-electron chi connectivity index (χ0n) is 2.69. The monoisotopic (exact) mass is 232 g/mol. The van der Waals surface area contributed by atoms with E-state index < -0.39 is 15.2 Å². The minimum absolute atomic E-state index is 1.25. The van der Waals surface area contributed by atoms with Crippen molar-refractivity contribution in [2.75, 3.05) is 0 Å². The van der Waals surface area contributed by atoms with Gasteiger partial charge in [0, 0.05) is 0 Å². The van der Waals surface area contributed by atoms with Crippen LogP contribution in [0.25, 0.3) is 0 Å². The first-order valence-corrected chi connectivity index (χ1v) is 2.38. The Hall–Kier alpha value is 0.918. The molecule has 0 saturated heterocycles. The fourth-order valence-electron chi connectivity index (χ4n) is 0. The van der Waals surface area contributed by atoms with Crippen LogP contribution in [0.4, 0.5) is 0 Å². The van der Waals surface area contributed by atoms with Crippen molar-refractivity contribution in [1.29, 1.82) is 0 Å². The Kier molecular flexibility index (Phi) is 147. The van der Waals surface area contributed by atoms with E-state index in [9.17, 15) is 0 Å². The summed E-state index contributed by atoms with van der Waals surface area (Å²) < 4.78 is 32.8. The van der Waals surface area contributed by atoms with Gasteiger partial charge in [0.15, 0.2) is 0 Å². The molecule has 7 heavy (non-hydrogen) atoms. The van der Waals surface area contributed by atoms with E-state index in [-0.39, 0.29) is 0 Å². The molecule has 0 aliphatic heterocycles. The Morgan fingerprint density at radius 1 is 1.43 bits per heavy atom. The summed E-state index contributed by atoms with van der Waals surface area (Å²) in [5.41, 5.74) is 0. The van der Waals surface area contributed by atoms with Crippen molar-refractivity contribution in [2.24, 2.45) is 0 Å². The molecular weight excluding hydrogens is 232 g/mol. The number of hydrogen-bond acceptors (Lipinski definition) is 4. The normalized spacial score (nSPS) is 3.71. The summed E-state index contributed by atoms with van der Waals surface area (Å²) >= 11 is 2.75. The maximum atomic E-state index is 8.38. The van der Waals surface area contributed by atoms with Crippen molar-refractivity contribution >= 4 is 0 Å². The Morgan fingerprint density at radius 3 is 1.43 bits per heavy atom. The van der Waals surface area contributed by atoms with Gasteiger partial charge in [0.2, 0.25) is 0 Å². The van der Waals surface area contributed by atoms with Gasteiger partial charge in [-0.15, -0.1) is 0 Å². The van der Waals surface area contributed by atoms with E-state index in [4.69, 9.17) is 15.7 Å². The average molecular weight is 232 g/mol. The van der Waals surface area contributed by atoms with Crippen molar-refractivity contribution in [3.05, 3.63) is 0 Å². The van der Waals surface area contributed by atoms with E-state index in [2.05, 4.69) is 0 Å². The Morgan fingerprint density at radius 2 is 1.43 bits per heavy atom. The molecule has 0 bridgehead atoms. The Bertz CT molecular complexity index is 26.1. The molecule has 0 aromatic heterocycles.